The van der Waals surface area contributed by atoms with Crippen LogP contribution >= 0.6 is 0 Å². The number of ether oxygens (including phenoxy) is 2. The average molecular weight is 264 g/mol. The molecule has 0 spiro atoms. The monoisotopic (exact) mass is 264 g/mol. The number of nitrogens with one attached hydrogen (secondary N) is 1. The van der Waals surface area contributed by atoms with E-state index in [0.29, 0.717) is 17.2 Å². The molecule has 100 valence electrons. The van der Waals surface area contributed by atoms with E-state index in [1.807, 2.05) is 0 Å². The summed E-state index contributed by atoms with van der Waals surface area (Å²) in [5.74, 6) is -0.333. The van der Waals surface area contributed by atoms with Gasteiger partial charge in [-0.15, -0.1) is 0 Å². The van der Waals surface area contributed by atoms with Crippen molar-refractivity contribution in [3.63, 3.8) is 0 Å². The van der Waals surface area contributed by atoms with Crippen LogP contribution in [0, 0.1) is 0 Å². The van der Waals surface area contributed by atoms with Crippen LogP contribution in [0.1, 0.15) is 10.5 Å². The molecule has 7 nitrogen and oxygen atoms in total. The fourth-order valence-electron chi connectivity index (χ4n) is 1.73. The van der Waals surface area contributed by atoms with Gasteiger partial charge in [-0.05, 0) is 12.1 Å². The van der Waals surface area contributed by atoms with Gasteiger partial charge in [-0.3, -0.25) is 4.57 Å². The Kier molecular flexibility index (Phi) is 3.28. The molecule has 0 aliphatic carbocycles. The highest BCUT2D eigenvalue weighted by molar-refractivity contribution is 5.86. The molecular weight excluding hydrogens is 252 g/mol. The molecule has 2 rings (SSSR count). The summed E-state index contributed by atoms with van der Waals surface area (Å²) in [6.45, 7) is 0. The van der Waals surface area contributed by atoms with E-state index in [9.17, 15) is 9.59 Å². The summed E-state index contributed by atoms with van der Waals surface area (Å²) >= 11 is 0. The molecule has 2 aromatic rings. The van der Waals surface area contributed by atoms with E-state index in [2.05, 4.69) is 4.98 Å². The Bertz CT molecular complexity index is 671. The molecule has 0 fully saturated rings. The Hall–Kier alpha value is -2.70. The van der Waals surface area contributed by atoms with Crippen molar-refractivity contribution in [2.45, 2.75) is 0 Å². The SMILES string of the molecule is COc1ccc(-n2c(C(=O)O)c[nH]c2=O)c(OC)c1. The lowest BCUT2D eigenvalue weighted by Crippen LogP contribution is -2.19. The molecule has 0 aliphatic heterocycles. The molecule has 0 saturated heterocycles. The zero-order valence-electron chi connectivity index (χ0n) is 10.3. The number of nitrogens with zero attached hydrogens (tertiary/aromatic N) is 1. The van der Waals surface area contributed by atoms with Gasteiger partial charge in [0, 0.05) is 12.3 Å². The van der Waals surface area contributed by atoms with Crippen LogP contribution in [0.2, 0.25) is 0 Å². The number of aromatic carboxylic acids is 1. The van der Waals surface area contributed by atoms with Crippen LogP contribution in [-0.2, 0) is 0 Å². The summed E-state index contributed by atoms with van der Waals surface area (Å²) in [6.07, 6.45) is 1.13. The standard InChI is InChI=1S/C12H12N2O5/c1-18-7-3-4-8(10(5-7)19-2)14-9(11(15)16)6-13-12(14)17/h3-6H,1-2H3,(H,13,17)(H,15,16). The number of methoxy groups -OCH3 is 2. The molecule has 0 atom stereocenters. The highest BCUT2D eigenvalue weighted by atomic mass is 16.5. The Morgan fingerprint density at radius 1 is 1.32 bits per heavy atom. The maximum Gasteiger partial charge on any atom is 0.354 e. The van der Waals surface area contributed by atoms with Gasteiger partial charge in [-0.1, -0.05) is 0 Å². The van der Waals surface area contributed by atoms with E-state index in [-0.39, 0.29) is 5.69 Å². The number of H-pyrrole nitrogens is 1. The Balaban J connectivity index is 2.68. The van der Waals surface area contributed by atoms with Crippen molar-refractivity contribution in [2.24, 2.45) is 0 Å². The first-order valence-electron chi connectivity index (χ1n) is 5.34. The van der Waals surface area contributed by atoms with E-state index < -0.39 is 11.7 Å². The average Bonchev–Trinajstić information content (AvgIpc) is 2.80. The van der Waals surface area contributed by atoms with Crippen molar-refractivity contribution in [3.8, 4) is 17.2 Å². The Labute approximate surface area is 108 Å². The first kappa shape index (κ1) is 12.7. The topological polar surface area (TPSA) is 93.5 Å². The number of carbonyl (C=O) groups is 1. The van der Waals surface area contributed by atoms with Gasteiger partial charge in [0.25, 0.3) is 0 Å². The molecule has 0 radical (unpaired) electrons. The van der Waals surface area contributed by atoms with Crippen LogP contribution in [0.5, 0.6) is 11.5 Å². The summed E-state index contributed by atoms with van der Waals surface area (Å²) < 4.78 is 11.2. The van der Waals surface area contributed by atoms with Gasteiger partial charge in [0.05, 0.1) is 19.9 Å². The van der Waals surface area contributed by atoms with Crippen LogP contribution in [-0.4, -0.2) is 34.8 Å². The second-order valence-electron chi connectivity index (χ2n) is 3.66. The van der Waals surface area contributed by atoms with Gasteiger partial charge >= 0.3 is 11.7 Å². The lowest BCUT2D eigenvalue weighted by molar-refractivity contribution is 0.0688. The van der Waals surface area contributed by atoms with Crippen molar-refractivity contribution in [1.29, 1.82) is 0 Å². The van der Waals surface area contributed by atoms with Crippen molar-refractivity contribution in [2.75, 3.05) is 14.2 Å². The quantitative estimate of drug-likeness (QED) is 0.855. The number of benzene rings is 1. The van der Waals surface area contributed by atoms with E-state index in [4.69, 9.17) is 14.6 Å². The summed E-state index contributed by atoms with van der Waals surface area (Å²) in [5.41, 5.74) is -0.402. The first-order chi connectivity index (χ1) is 9.08. The van der Waals surface area contributed by atoms with Gasteiger partial charge < -0.3 is 19.6 Å². The van der Waals surface area contributed by atoms with Crippen molar-refractivity contribution in [3.05, 3.63) is 40.6 Å². The zero-order valence-corrected chi connectivity index (χ0v) is 10.3. The number of imidazole rings is 1. The van der Waals surface area contributed by atoms with Gasteiger partial charge in [0.1, 0.15) is 11.5 Å². The zero-order chi connectivity index (χ0) is 14.0. The third-order valence-corrected chi connectivity index (χ3v) is 2.62. The molecule has 0 aliphatic rings. The maximum atomic E-state index is 11.7. The summed E-state index contributed by atoms with van der Waals surface area (Å²) in [4.78, 5) is 25.1. The number of hydrogen-bond acceptors (Lipinski definition) is 4. The molecule has 0 saturated carbocycles. The number of carboxylic acids is 1. The third-order valence-electron chi connectivity index (χ3n) is 2.62. The van der Waals surface area contributed by atoms with Crippen LogP contribution in [0.25, 0.3) is 5.69 Å². The van der Waals surface area contributed by atoms with Gasteiger partial charge in [0.2, 0.25) is 0 Å². The van der Waals surface area contributed by atoms with Crippen molar-refractivity contribution < 1.29 is 19.4 Å². The van der Waals surface area contributed by atoms with Crippen LogP contribution in [0.15, 0.2) is 29.2 Å². The van der Waals surface area contributed by atoms with E-state index in [1.165, 1.54) is 14.2 Å². The fraction of sp³-hybridized carbons (Fsp3) is 0.167. The number of carboxylic acid groups (broad SMARTS) is 1. The predicted molar refractivity (Wildman–Crippen MR) is 66.5 cm³/mol. The van der Waals surface area contributed by atoms with Gasteiger partial charge in [0.15, 0.2) is 5.69 Å². The number of rotatable bonds is 4. The number of aromatic amines is 1. The molecule has 19 heavy (non-hydrogen) atoms. The van der Waals surface area contributed by atoms with Crippen LogP contribution in [0.4, 0.5) is 0 Å². The summed E-state index contributed by atoms with van der Waals surface area (Å²) in [6, 6.07) is 4.74. The summed E-state index contributed by atoms with van der Waals surface area (Å²) in [5, 5.41) is 9.06. The maximum absolute atomic E-state index is 11.7. The van der Waals surface area contributed by atoms with Gasteiger partial charge in [-0.2, -0.15) is 0 Å². The van der Waals surface area contributed by atoms with E-state index in [0.717, 1.165) is 10.8 Å². The molecule has 1 aromatic carbocycles. The highest BCUT2D eigenvalue weighted by Gasteiger charge is 2.18. The molecular formula is C12H12N2O5. The Morgan fingerprint density at radius 2 is 2.05 bits per heavy atom. The molecule has 7 heteroatoms. The lowest BCUT2D eigenvalue weighted by Gasteiger charge is -2.11. The smallest absolute Gasteiger partial charge is 0.354 e. The largest absolute Gasteiger partial charge is 0.497 e. The molecule has 1 heterocycles. The van der Waals surface area contributed by atoms with E-state index >= 15 is 0 Å². The highest BCUT2D eigenvalue weighted by Crippen LogP contribution is 2.27. The second-order valence-corrected chi connectivity index (χ2v) is 3.66. The predicted octanol–water partition coefficient (Wildman–Crippen LogP) is 0.881. The molecule has 2 N–H and O–H groups in total. The lowest BCUT2D eigenvalue weighted by atomic mass is 10.2. The number of hydrogen-bond donors (Lipinski definition) is 2. The normalized spacial score (nSPS) is 10.2. The second kappa shape index (κ2) is 4.89. The van der Waals surface area contributed by atoms with Crippen LogP contribution in [0.3, 0.4) is 0 Å². The minimum absolute atomic E-state index is 0.173. The fourth-order valence-corrected chi connectivity index (χ4v) is 1.73. The number of aromatic nitrogens is 2. The third kappa shape index (κ3) is 2.17. The molecule has 1 aromatic heterocycles. The summed E-state index contributed by atoms with van der Waals surface area (Å²) in [7, 11) is 2.93. The van der Waals surface area contributed by atoms with Crippen molar-refractivity contribution >= 4 is 5.97 Å². The van der Waals surface area contributed by atoms with Gasteiger partial charge in [-0.25, -0.2) is 9.59 Å². The van der Waals surface area contributed by atoms with E-state index in [1.54, 1.807) is 18.2 Å². The first-order valence-corrected chi connectivity index (χ1v) is 5.34. The Morgan fingerprint density at radius 3 is 2.63 bits per heavy atom. The van der Waals surface area contributed by atoms with Crippen molar-refractivity contribution in [1.82, 2.24) is 9.55 Å². The minimum atomic E-state index is -1.21. The molecule has 0 bridgehead atoms. The minimum Gasteiger partial charge on any atom is -0.497 e. The van der Waals surface area contributed by atoms with Crippen LogP contribution < -0.4 is 15.2 Å². The molecule has 0 amide bonds. The molecule has 0 unspecified atom stereocenters.